The van der Waals surface area contributed by atoms with Gasteiger partial charge in [-0.3, -0.25) is 4.98 Å². The second-order valence-electron chi connectivity index (χ2n) is 9.70. The van der Waals surface area contributed by atoms with Crippen molar-refractivity contribution in [2.45, 2.75) is 51.6 Å². The highest BCUT2D eigenvalue weighted by Crippen LogP contribution is 2.39. The molecule has 1 aliphatic heterocycles. The molecule has 1 aliphatic rings. The van der Waals surface area contributed by atoms with E-state index in [2.05, 4.69) is 9.97 Å². The van der Waals surface area contributed by atoms with Crippen molar-refractivity contribution in [2.24, 2.45) is 5.73 Å². The highest BCUT2D eigenvalue weighted by molar-refractivity contribution is 6.01. The van der Waals surface area contributed by atoms with Gasteiger partial charge in [0.25, 0.3) is 0 Å². The molecular formula is C27H29F2N5O2. The zero-order chi connectivity index (χ0) is 25.7. The molecule has 0 spiro atoms. The smallest absolute Gasteiger partial charge is 0.175 e. The van der Waals surface area contributed by atoms with E-state index in [4.69, 9.17) is 10.7 Å². The summed E-state index contributed by atoms with van der Waals surface area (Å²) in [6, 6.07) is 5.46. The number of fused-ring (bicyclic) bond motifs is 2. The molecule has 2 aromatic heterocycles. The van der Waals surface area contributed by atoms with Gasteiger partial charge in [-0.25, -0.2) is 18.7 Å². The van der Waals surface area contributed by atoms with E-state index >= 15 is 4.39 Å². The van der Waals surface area contributed by atoms with Gasteiger partial charge in [0.2, 0.25) is 0 Å². The Kier molecular flexibility index (Phi) is 6.22. The van der Waals surface area contributed by atoms with Gasteiger partial charge in [0.05, 0.1) is 18.0 Å². The van der Waals surface area contributed by atoms with Gasteiger partial charge in [0, 0.05) is 30.3 Å². The molecule has 3 heterocycles. The van der Waals surface area contributed by atoms with Gasteiger partial charge in [-0.1, -0.05) is 26.8 Å². The number of anilines is 1. The van der Waals surface area contributed by atoms with Crippen LogP contribution >= 0.6 is 0 Å². The van der Waals surface area contributed by atoms with E-state index in [1.165, 1.54) is 24.4 Å². The predicted octanol–water partition coefficient (Wildman–Crippen LogP) is 4.41. The summed E-state index contributed by atoms with van der Waals surface area (Å²) in [7, 11) is 0. The summed E-state index contributed by atoms with van der Waals surface area (Å²) in [5, 5.41) is 21.8. The molecule has 2 aromatic carbocycles. The molecule has 1 saturated heterocycles. The van der Waals surface area contributed by atoms with Crippen LogP contribution in [0.4, 0.5) is 14.6 Å². The molecule has 0 unspecified atom stereocenters. The average molecular weight is 494 g/mol. The average Bonchev–Trinajstić information content (AvgIpc) is 3.24. The minimum Gasteiger partial charge on any atom is -0.508 e. The first kappa shape index (κ1) is 24.3. The van der Waals surface area contributed by atoms with Crippen molar-refractivity contribution < 1.29 is 19.0 Å². The lowest BCUT2D eigenvalue weighted by atomic mass is 9.94. The molecule has 0 amide bonds. The number of nitrogens with two attached hydrogens (primary N) is 1. The number of benzene rings is 2. The van der Waals surface area contributed by atoms with Crippen LogP contribution in [-0.4, -0.2) is 50.4 Å². The van der Waals surface area contributed by atoms with Gasteiger partial charge in [-0.05, 0) is 47.4 Å². The molecule has 1 fully saturated rings. The number of rotatable bonds is 5. The van der Waals surface area contributed by atoms with Crippen molar-refractivity contribution in [3.63, 3.8) is 0 Å². The SMILES string of the molecule is CCc1c(F)ccc2cc(O)cc(-c3ncc4c(N5C[C@H](N)C[C@H]5CO)nc(C(C)C)nc4c3F)c12. The van der Waals surface area contributed by atoms with E-state index < -0.39 is 11.6 Å². The third kappa shape index (κ3) is 3.92. The second kappa shape index (κ2) is 9.22. The zero-order valence-electron chi connectivity index (χ0n) is 20.5. The van der Waals surface area contributed by atoms with E-state index in [1.807, 2.05) is 25.7 Å². The first-order chi connectivity index (χ1) is 17.2. The number of aliphatic hydroxyl groups excluding tert-OH is 1. The van der Waals surface area contributed by atoms with Crippen LogP contribution in [0.3, 0.4) is 0 Å². The maximum absolute atomic E-state index is 16.3. The van der Waals surface area contributed by atoms with Crippen LogP contribution in [-0.2, 0) is 6.42 Å². The highest BCUT2D eigenvalue weighted by atomic mass is 19.1. The van der Waals surface area contributed by atoms with Gasteiger partial charge in [-0.15, -0.1) is 0 Å². The van der Waals surface area contributed by atoms with Gasteiger partial charge >= 0.3 is 0 Å². The largest absolute Gasteiger partial charge is 0.508 e. The number of phenols is 1. The maximum Gasteiger partial charge on any atom is 0.175 e. The predicted molar refractivity (Wildman–Crippen MR) is 136 cm³/mol. The third-order valence-corrected chi connectivity index (χ3v) is 6.89. The zero-order valence-corrected chi connectivity index (χ0v) is 20.5. The molecule has 7 nitrogen and oxygen atoms in total. The molecule has 9 heteroatoms. The van der Waals surface area contributed by atoms with Crippen molar-refractivity contribution in [1.82, 2.24) is 15.0 Å². The van der Waals surface area contributed by atoms with Crippen molar-refractivity contribution in [3.8, 4) is 17.0 Å². The van der Waals surface area contributed by atoms with Crippen LogP contribution in [0.15, 0.2) is 30.5 Å². The molecule has 2 atom stereocenters. The lowest BCUT2D eigenvalue weighted by Gasteiger charge is -2.26. The summed E-state index contributed by atoms with van der Waals surface area (Å²) in [4.78, 5) is 15.6. The Bertz CT molecular complexity index is 1480. The molecule has 36 heavy (non-hydrogen) atoms. The van der Waals surface area contributed by atoms with Crippen molar-refractivity contribution >= 4 is 27.5 Å². The Labute approximate surface area is 207 Å². The van der Waals surface area contributed by atoms with Gasteiger partial charge in [0.1, 0.15) is 34.4 Å². The lowest BCUT2D eigenvalue weighted by Crippen LogP contribution is -2.34. The second-order valence-corrected chi connectivity index (χ2v) is 9.70. The van der Waals surface area contributed by atoms with Crippen molar-refractivity contribution in [1.29, 1.82) is 0 Å². The maximum atomic E-state index is 16.3. The Morgan fingerprint density at radius 3 is 2.67 bits per heavy atom. The number of aromatic hydroxyl groups is 1. The number of hydrogen-bond donors (Lipinski definition) is 3. The Morgan fingerprint density at radius 1 is 1.19 bits per heavy atom. The molecule has 0 radical (unpaired) electrons. The summed E-state index contributed by atoms with van der Waals surface area (Å²) in [6.45, 7) is 6.03. The number of phenolic OH excluding ortho intramolecular Hbond substituents is 1. The number of pyridine rings is 1. The fraction of sp³-hybridized carbons (Fsp3) is 0.370. The Morgan fingerprint density at radius 2 is 1.97 bits per heavy atom. The summed E-state index contributed by atoms with van der Waals surface area (Å²) < 4.78 is 31.0. The monoisotopic (exact) mass is 493 g/mol. The van der Waals surface area contributed by atoms with Crippen LogP contribution in [0.2, 0.25) is 0 Å². The quantitative estimate of drug-likeness (QED) is 0.378. The molecule has 4 N–H and O–H groups in total. The summed E-state index contributed by atoms with van der Waals surface area (Å²) in [5.41, 5.74) is 6.94. The number of halogens is 2. The van der Waals surface area contributed by atoms with E-state index in [9.17, 15) is 14.6 Å². The Balaban J connectivity index is 1.81. The molecule has 0 bridgehead atoms. The molecule has 5 rings (SSSR count). The highest BCUT2D eigenvalue weighted by Gasteiger charge is 2.33. The van der Waals surface area contributed by atoms with E-state index in [0.717, 1.165) is 0 Å². The van der Waals surface area contributed by atoms with E-state index in [-0.39, 0.29) is 41.6 Å². The van der Waals surface area contributed by atoms with Crippen LogP contribution in [0.5, 0.6) is 5.75 Å². The van der Waals surface area contributed by atoms with Gasteiger partial charge in [0.15, 0.2) is 5.82 Å². The third-order valence-electron chi connectivity index (χ3n) is 6.89. The molecule has 4 aromatic rings. The fourth-order valence-corrected chi connectivity index (χ4v) is 5.14. The summed E-state index contributed by atoms with van der Waals surface area (Å²) >= 11 is 0. The normalized spacial score (nSPS) is 18.2. The number of nitrogens with zero attached hydrogens (tertiary/aromatic N) is 4. The van der Waals surface area contributed by atoms with E-state index in [1.54, 1.807) is 6.07 Å². The number of aromatic nitrogens is 3. The first-order valence-electron chi connectivity index (χ1n) is 12.2. The molecule has 0 aliphatic carbocycles. The van der Waals surface area contributed by atoms with Crippen molar-refractivity contribution in [3.05, 3.63) is 53.5 Å². The van der Waals surface area contributed by atoms with Crippen LogP contribution in [0.25, 0.3) is 32.9 Å². The Hall–Kier alpha value is -3.43. The van der Waals surface area contributed by atoms with Crippen LogP contribution < -0.4 is 10.6 Å². The minimum atomic E-state index is -0.680. The number of hydrogen-bond acceptors (Lipinski definition) is 7. The minimum absolute atomic E-state index is 0.0279. The molecule has 188 valence electrons. The summed E-state index contributed by atoms with van der Waals surface area (Å²) in [5.74, 6) is -0.307. The number of aliphatic hydroxyl groups is 1. The summed E-state index contributed by atoms with van der Waals surface area (Å²) in [6.07, 6.45) is 2.48. The van der Waals surface area contributed by atoms with Gasteiger partial charge < -0.3 is 20.8 Å². The lowest BCUT2D eigenvalue weighted by molar-refractivity contribution is 0.265. The molecular weight excluding hydrogens is 464 g/mol. The topological polar surface area (TPSA) is 108 Å². The van der Waals surface area contributed by atoms with E-state index in [0.29, 0.717) is 58.3 Å². The van der Waals surface area contributed by atoms with Crippen LogP contribution in [0.1, 0.15) is 44.5 Å². The first-order valence-corrected chi connectivity index (χ1v) is 12.2. The standard InChI is InChI=1S/C27H29F2N5O2/c1-4-18-21(28)6-5-14-7-17(36)9-19(22(14)18)24-23(29)25-20(10-31-24)27(33-26(32-25)13(2)3)34-11-15(30)8-16(34)12-35/h5-7,9-10,13,15-16,35-36H,4,8,11-12,30H2,1-3H3/t15-,16+/m1/s1. The van der Waals surface area contributed by atoms with Crippen molar-refractivity contribution in [2.75, 3.05) is 18.1 Å². The fourth-order valence-electron chi connectivity index (χ4n) is 5.14. The van der Waals surface area contributed by atoms with Crippen LogP contribution in [0, 0.1) is 11.6 Å². The molecule has 0 saturated carbocycles. The number of aryl methyl sites for hydroxylation is 1. The van der Waals surface area contributed by atoms with Gasteiger partial charge in [-0.2, -0.15) is 0 Å².